The maximum absolute atomic E-state index is 12.9. The van der Waals surface area contributed by atoms with Crippen LogP contribution >= 0.6 is 0 Å². The van der Waals surface area contributed by atoms with E-state index in [-0.39, 0.29) is 18.4 Å². The van der Waals surface area contributed by atoms with Crippen molar-refractivity contribution in [2.24, 2.45) is 0 Å². The highest BCUT2D eigenvalue weighted by Crippen LogP contribution is 2.33. The van der Waals surface area contributed by atoms with E-state index in [1.807, 2.05) is 18.2 Å². The van der Waals surface area contributed by atoms with Gasteiger partial charge in [-0.3, -0.25) is 9.59 Å². The zero-order chi connectivity index (χ0) is 19.4. The summed E-state index contributed by atoms with van der Waals surface area (Å²) in [5, 5.41) is 2.60. The molecule has 5 nitrogen and oxygen atoms in total. The highest BCUT2D eigenvalue weighted by atomic mass is 16.5. The Bertz CT molecular complexity index is 815. The first-order valence-corrected chi connectivity index (χ1v) is 9.36. The molecule has 27 heavy (non-hydrogen) atoms. The summed E-state index contributed by atoms with van der Waals surface area (Å²) in [6.07, 6.45) is 0.358. The van der Waals surface area contributed by atoms with Crippen molar-refractivity contribution < 1.29 is 14.3 Å². The van der Waals surface area contributed by atoms with E-state index in [1.165, 1.54) is 5.56 Å². The zero-order valence-corrected chi connectivity index (χ0v) is 16.1. The number of amides is 2. The van der Waals surface area contributed by atoms with Gasteiger partial charge in [-0.05, 0) is 35.6 Å². The molecule has 0 fully saturated rings. The van der Waals surface area contributed by atoms with E-state index in [4.69, 9.17) is 4.74 Å². The van der Waals surface area contributed by atoms with E-state index in [2.05, 4.69) is 43.4 Å². The quantitative estimate of drug-likeness (QED) is 0.883. The number of benzene rings is 2. The van der Waals surface area contributed by atoms with Crippen LogP contribution in [0, 0.1) is 0 Å². The van der Waals surface area contributed by atoms with E-state index in [1.54, 1.807) is 18.0 Å². The number of ether oxygens (including phenoxy) is 1. The second kappa shape index (κ2) is 8.25. The number of aryl methyl sites for hydroxylation is 1. The molecule has 0 bridgehead atoms. The molecule has 1 atom stereocenters. The lowest BCUT2D eigenvalue weighted by Gasteiger charge is -2.34. The van der Waals surface area contributed by atoms with Gasteiger partial charge < -0.3 is 15.0 Å². The summed E-state index contributed by atoms with van der Waals surface area (Å²) in [5.41, 5.74) is 3.15. The second-order valence-corrected chi connectivity index (χ2v) is 7.09. The fourth-order valence-corrected chi connectivity index (χ4v) is 3.22. The molecule has 1 aliphatic heterocycles. The number of nitrogens with zero attached hydrogens (tertiary/aromatic N) is 1. The number of anilines is 1. The normalized spacial score (nSPS) is 15.9. The molecule has 1 N–H and O–H groups in total. The van der Waals surface area contributed by atoms with Crippen LogP contribution < -0.4 is 15.0 Å². The van der Waals surface area contributed by atoms with Gasteiger partial charge in [0.25, 0.3) is 5.91 Å². The molecule has 0 aromatic heterocycles. The van der Waals surface area contributed by atoms with E-state index >= 15 is 0 Å². The lowest BCUT2D eigenvalue weighted by molar-refractivity contribution is -0.127. The Balaban J connectivity index is 1.72. The molecule has 5 heteroatoms. The van der Waals surface area contributed by atoms with Crippen molar-refractivity contribution in [3.05, 3.63) is 59.7 Å². The molecular formula is C22H26N2O3. The molecule has 142 valence electrons. The minimum atomic E-state index is -0.695. The van der Waals surface area contributed by atoms with Crippen LogP contribution in [0.4, 0.5) is 5.69 Å². The third kappa shape index (κ3) is 4.30. The summed E-state index contributed by atoms with van der Waals surface area (Å²) in [6, 6.07) is 15.8. The van der Waals surface area contributed by atoms with Gasteiger partial charge in [0, 0.05) is 13.5 Å². The Hall–Kier alpha value is -2.82. The number of rotatable bonds is 5. The first kappa shape index (κ1) is 19.0. The highest BCUT2D eigenvalue weighted by molar-refractivity contribution is 5.97. The first-order valence-electron chi connectivity index (χ1n) is 9.36. The summed E-state index contributed by atoms with van der Waals surface area (Å²) in [6.45, 7) is 4.55. The minimum Gasteiger partial charge on any atom is -0.477 e. The fourth-order valence-electron chi connectivity index (χ4n) is 3.22. The number of hydrogen-bond acceptors (Lipinski definition) is 3. The number of hydrogen-bond donors (Lipinski definition) is 1. The molecule has 2 aromatic rings. The number of likely N-dealkylation sites (N-methyl/N-ethyl adjacent to an activating group) is 1. The van der Waals surface area contributed by atoms with Gasteiger partial charge in [-0.25, -0.2) is 0 Å². The van der Waals surface area contributed by atoms with Crippen LogP contribution in [0.5, 0.6) is 5.75 Å². The first-order chi connectivity index (χ1) is 13.0. The molecule has 2 aromatic carbocycles. The SMILES string of the molecule is CNC(=O)[C@H]1CN(C(=O)CCc2ccc(C(C)C)cc2)c2ccccc2O1. The Kier molecular flexibility index (Phi) is 5.79. The van der Waals surface area contributed by atoms with Crippen LogP contribution in [0.2, 0.25) is 0 Å². The predicted molar refractivity (Wildman–Crippen MR) is 106 cm³/mol. The highest BCUT2D eigenvalue weighted by Gasteiger charge is 2.32. The van der Waals surface area contributed by atoms with Gasteiger partial charge in [-0.15, -0.1) is 0 Å². The largest absolute Gasteiger partial charge is 0.477 e. The van der Waals surface area contributed by atoms with Crippen LogP contribution in [0.15, 0.2) is 48.5 Å². The molecule has 0 radical (unpaired) electrons. The number of para-hydroxylation sites is 2. The lowest BCUT2D eigenvalue weighted by atomic mass is 10.00. The zero-order valence-electron chi connectivity index (χ0n) is 16.1. The molecule has 0 unspecified atom stereocenters. The van der Waals surface area contributed by atoms with Crippen LogP contribution in [0.25, 0.3) is 0 Å². The third-order valence-electron chi connectivity index (χ3n) is 4.89. The van der Waals surface area contributed by atoms with Crippen molar-refractivity contribution in [2.75, 3.05) is 18.5 Å². The topological polar surface area (TPSA) is 58.6 Å². The van der Waals surface area contributed by atoms with Gasteiger partial charge in [0.05, 0.1) is 12.2 Å². The molecule has 0 saturated carbocycles. The van der Waals surface area contributed by atoms with E-state index in [9.17, 15) is 9.59 Å². The van der Waals surface area contributed by atoms with Crippen LogP contribution in [0.1, 0.15) is 37.3 Å². The molecule has 0 saturated heterocycles. The standard InChI is InChI=1S/C22H26N2O3/c1-15(2)17-11-8-16(9-12-17)10-13-21(25)24-14-20(22(26)23-3)27-19-7-5-4-6-18(19)24/h4-9,11-12,15,20H,10,13-14H2,1-3H3,(H,23,26)/t20-/m1/s1. The molecular weight excluding hydrogens is 340 g/mol. The van der Waals surface area contributed by atoms with E-state index < -0.39 is 6.10 Å². The molecule has 1 aliphatic rings. The summed E-state index contributed by atoms with van der Waals surface area (Å²) in [7, 11) is 1.57. The van der Waals surface area contributed by atoms with Crippen molar-refractivity contribution in [1.82, 2.24) is 5.32 Å². The summed E-state index contributed by atoms with van der Waals surface area (Å²) >= 11 is 0. The number of fused-ring (bicyclic) bond motifs is 1. The third-order valence-corrected chi connectivity index (χ3v) is 4.89. The van der Waals surface area contributed by atoms with Crippen LogP contribution in [-0.2, 0) is 16.0 Å². The van der Waals surface area contributed by atoms with Crippen LogP contribution in [-0.4, -0.2) is 31.5 Å². The summed E-state index contributed by atoms with van der Waals surface area (Å²) < 4.78 is 5.76. The fraction of sp³-hybridized carbons (Fsp3) is 0.364. The van der Waals surface area contributed by atoms with Crippen molar-refractivity contribution in [3.63, 3.8) is 0 Å². The molecule has 0 spiro atoms. The Labute approximate surface area is 160 Å². The molecule has 2 amide bonds. The van der Waals surface area contributed by atoms with Gasteiger partial charge in [0.1, 0.15) is 5.75 Å². The van der Waals surface area contributed by atoms with E-state index in [0.29, 0.717) is 24.5 Å². The molecule has 0 aliphatic carbocycles. The molecule has 1 heterocycles. The maximum Gasteiger partial charge on any atom is 0.262 e. The van der Waals surface area contributed by atoms with Crippen molar-refractivity contribution in [2.45, 2.75) is 38.7 Å². The lowest BCUT2D eigenvalue weighted by Crippen LogP contribution is -2.50. The smallest absolute Gasteiger partial charge is 0.262 e. The Morgan fingerprint density at radius 3 is 2.52 bits per heavy atom. The number of carbonyl (C=O) groups is 2. The number of carbonyl (C=O) groups excluding carboxylic acids is 2. The van der Waals surface area contributed by atoms with Gasteiger partial charge in [0.2, 0.25) is 5.91 Å². The van der Waals surface area contributed by atoms with Gasteiger partial charge >= 0.3 is 0 Å². The van der Waals surface area contributed by atoms with Gasteiger partial charge in [-0.2, -0.15) is 0 Å². The van der Waals surface area contributed by atoms with E-state index in [0.717, 1.165) is 11.3 Å². The van der Waals surface area contributed by atoms with Crippen molar-refractivity contribution in [1.29, 1.82) is 0 Å². The number of nitrogens with one attached hydrogen (secondary N) is 1. The average molecular weight is 366 g/mol. The second-order valence-electron chi connectivity index (χ2n) is 7.09. The van der Waals surface area contributed by atoms with Crippen molar-refractivity contribution in [3.8, 4) is 5.75 Å². The predicted octanol–water partition coefficient (Wildman–Crippen LogP) is 3.28. The van der Waals surface area contributed by atoms with Gasteiger partial charge in [0.15, 0.2) is 6.10 Å². The van der Waals surface area contributed by atoms with Crippen molar-refractivity contribution >= 4 is 17.5 Å². The van der Waals surface area contributed by atoms with Crippen LogP contribution in [0.3, 0.4) is 0 Å². The molecule has 3 rings (SSSR count). The maximum atomic E-state index is 12.9. The monoisotopic (exact) mass is 366 g/mol. The summed E-state index contributed by atoms with van der Waals surface area (Å²) in [4.78, 5) is 26.6. The Morgan fingerprint density at radius 1 is 1.15 bits per heavy atom. The summed E-state index contributed by atoms with van der Waals surface area (Å²) in [5.74, 6) is 0.818. The minimum absolute atomic E-state index is 0.00686. The Morgan fingerprint density at radius 2 is 1.85 bits per heavy atom. The average Bonchev–Trinajstić information content (AvgIpc) is 2.70. The van der Waals surface area contributed by atoms with Gasteiger partial charge in [-0.1, -0.05) is 50.2 Å².